The third kappa shape index (κ3) is 4.81. The van der Waals surface area contributed by atoms with Crippen LogP contribution in [0.2, 0.25) is 0 Å². The lowest BCUT2D eigenvalue weighted by Gasteiger charge is -2.18. The molecule has 0 aliphatic heterocycles. The van der Waals surface area contributed by atoms with Gasteiger partial charge < -0.3 is 29.5 Å². The van der Waals surface area contributed by atoms with Gasteiger partial charge in [0.15, 0.2) is 23.0 Å². The van der Waals surface area contributed by atoms with E-state index in [-0.39, 0.29) is 23.9 Å². The van der Waals surface area contributed by atoms with Crippen molar-refractivity contribution in [3.05, 3.63) is 65.7 Å². The summed E-state index contributed by atoms with van der Waals surface area (Å²) in [5.74, 6) is 0.889. The molecule has 0 fully saturated rings. The van der Waals surface area contributed by atoms with Crippen LogP contribution in [-0.4, -0.2) is 36.1 Å². The third-order valence-electron chi connectivity index (χ3n) is 5.07. The average Bonchev–Trinajstić information content (AvgIpc) is 2.79. The van der Waals surface area contributed by atoms with Crippen LogP contribution >= 0.6 is 0 Å². The molecule has 0 aromatic heterocycles. The van der Waals surface area contributed by atoms with Gasteiger partial charge in [-0.2, -0.15) is 0 Å². The zero-order valence-corrected chi connectivity index (χ0v) is 18.7. The van der Waals surface area contributed by atoms with Crippen LogP contribution in [0.15, 0.2) is 60.2 Å². The van der Waals surface area contributed by atoms with E-state index in [2.05, 4.69) is 0 Å². The second kappa shape index (κ2) is 10.1. The van der Waals surface area contributed by atoms with Crippen molar-refractivity contribution in [1.29, 1.82) is 0 Å². The predicted molar refractivity (Wildman–Crippen MR) is 125 cm³/mol. The molecule has 6 nitrogen and oxygen atoms in total. The summed E-state index contributed by atoms with van der Waals surface area (Å²) >= 11 is 0. The Hall–Kier alpha value is -3.64. The number of ether oxygens (including phenoxy) is 3. The fraction of sp³-hybridized carbons (Fsp3) is 0.231. The number of methoxy groups -OCH3 is 2. The first-order valence-corrected chi connectivity index (χ1v) is 10.2. The summed E-state index contributed by atoms with van der Waals surface area (Å²) in [6, 6.07) is 14.0. The van der Waals surface area contributed by atoms with Crippen LogP contribution in [0.1, 0.15) is 19.4 Å². The van der Waals surface area contributed by atoms with Gasteiger partial charge in [-0.1, -0.05) is 35.9 Å². The summed E-state index contributed by atoms with van der Waals surface area (Å²) < 4.78 is 16.7. The summed E-state index contributed by atoms with van der Waals surface area (Å²) in [5, 5.41) is 30.8. The van der Waals surface area contributed by atoms with Crippen LogP contribution in [0.25, 0.3) is 22.3 Å². The van der Waals surface area contributed by atoms with Gasteiger partial charge in [0, 0.05) is 5.56 Å². The Morgan fingerprint density at radius 3 is 2.12 bits per heavy atom. The third-order valence-corrected chi connectivity index (χ3v) is 5.07. The number of aliphatic hydroxyl groups excluding tert-OH is 1. The topological polar surface area (TPSA) is 88.4 Å². The maximum atomic E-state index is 11.1. The Balaban J connectivity index is 2.07. The molecular formula is C26H28O6. The van der Waals surface area contributed by atoms with Crippen molar-refractivity contribution < 1.29 is 29.5 Å². The fourth-order valence-electron chi connectivity index (χ4n) is 3.37. The number of hydrogen-bond acceptors (Lipinski definition) is 6. The highest BCUT2D eigenvalue weighted by atomic mass is 16.5. The molecule has 168 valence electrons. The highest BCUT2D eigenvalue weighted by Gasteiger charge is 2.22. The number of benzene rings is 3. The van der Waals surface area contributed by atoms with E-state index in [9.17, 15) is 15.3 Å². The van der Waals surface area contributed by atoms with Gasteiger partial charge in [0.1, 0.15) is 12.4 Å². The first-order valence-electron chi connectivity index (χ1n) is 10.2. The molecule has 0 aliphatic carbocycles. The van der Waals surface area contributed by atoms with E-state index >= 15 is 0 Å². The quantitative estimate of drug-likeness (QED) is 0.416. The number of aliphatic hydroxyl groups is 1. The minimum atomic E-state index is -0.106. The van der Waals surface area contributed by atoms with Gasteiger partial charge in [-0.05, 0) is 54.8 Å². The Kier molecular flexibility index (Phi) is 7.28. The van der Waals surface area contributed by atoms with E-state index < -0.39 is 0 Å². The first-order chi connectivity index (χ1) is 15.4. The van der Waals surface area contributed by atoms with E-state index in [0.29, 0.717) is 34.8 Å². The summed E-state index contributed by atoms with van der Waals surface area (Å²) in [5.41, 5.74) is 4.28. The Bertz CT molecular complexity index is 1110. The Labute approximate surface area is 187 Å². The summed E-state index contributed by atoms with van der Waals surface area (Å²) in [6.45, 7) is 4.24. The first kappa shape index (κ1) is 23.0. The van der Waals surface area contributed by atoms with Crippen molar-refractivity contribution in [1.82, 2.24) is 0 Å². The molecule has 0 aliphatic rings. The highest BCUT2D eigenvalue weighted by Crippen LogP contribution is 2.50. The Morgan fingerprint density at radius 1 is 0.875 bits per heavy atom. The van der Waals surface area contributed by atoms with Crippen molar-refractivity contribution in [3.8, 4) is 51.0 Å². The number of hydrogen-bond donors (Lipinski definition) is 3. The van der Waals surface area contributed by atoms with Crippen LogP contribution < -0.4 is 14.2 Å². The standard InChI is InChI=1S/C26H28O6/c1-16(2)11-12-32-22-10-9-19(13-21(22)28)24-23(30-3)14-20(26(31-4)25(24)29)18-7-5-17(15-27)6-8-18/h5-11,13-14,27-29H,12,15H2,1-4H3. The number of phenolic OH excluding ortho intramolecular Hbond substituents is 2. The molecule has 0 unspecified atom stereocenters. The molecule has 32 heavy (non-hydrogen) atoms. The molecule has 0 radical (unpaired) electrons. The average molecular weight is 437 g/mol. The highest BCUT2D eigenvalue weighted by molar-refractivity contribution is 5.88. The van der Waals surface area contributed by atoms with Crippen LogP contribution in [0.5, 0.6) is 28.7 Å². The van der Waals surface area contributed by atoms with Gasteiger partial charge in [-0.15, -0.1) is 0 Å². The van der Waals surface area contributed by atoms with Gasteiger partial charge in [-0.3, -0.25) is 0 Å². The second-order valence-electron chi connectivity index (χ2n) is 7.51. The van der Waals surface area contributed by atoms with Gasteiger partial charge in [-0.25, -0.2) is 0 Å². The SMILES string of the molecule is COc1cc(-c2ccc(CO)cc2)c(OC)c(O)c1-c1ccc(OCC=C(C)C)c(O)c1. The minimum Gasteiger partial charge on any atom is -0.504 e. The smallest absolute Gasteiger partial charge is 0.170 e. The zero-order valence-electron chi connectivity index (χ0n) is 18.7. The van der Waals surface area contributed by atoms with E-state index in [1.165, 1.54) is 20.3 Å². The second-order valence-corrected chi connectivity index (χ2v) is 7.51. The Morgan fingerprint density at radius 2 is 1.56 bits per heavy atom. The largest absolute Gasteiger partial charge is 0.504 e. The summed E-state index contributed by atoms with van der Waals surface area (Å²) in [6.07, 6.45) is 1.92. The van der Waals surface area contributed by atoms with Gasteiger partial charge >= 0.3 is 0 Å². The van der Waals surface area contributed by atoms with Crippen molar-refractivity contribution >= 4 is 0 Å². The van der Waals surface area contributed by atoms with Crippen LogP contribution in [0.4, 0.5) is 0 Å². The molecule has 3 aromatic carbocycles. The lowest BCUT2D eigenvalue weighted by Crippen LogP contribution is -1.97. The maximum absolute atomic E-state index is 11.1. The molecule has 0 heterocycles. The van der Waals surface area contributed by atoms with Crippen molar-refractivity contribution in [2.45, 2.75) is 20.5 Å². The molecule has 0 atom stereocenters. The number of rotatable bonds is 8. The predicted octanol–water partition coefficient (Wildman–Crippen LogP) is 5.29. The van der Waals surface area contributed by atoms with E-state index in [1.807, 2.05) is 32.1 Å². The van der Waals surface area contributed by atoms with Crippen molar-refractivity contribution in [2.24, 2.45) is 0 Å². The van der Waals surface area contributed by atoms with Crippen LogP contribution in [0, 0.1) is 0 Å². The van der Waals surface area contributed by atoms with Crippen LogP contribution in [-0.2, 0) is 6.61 Å². The summed E-state index contributed by atoms with van der Waals surface area (Å²) in [4.78, 5) is 0. The minimum absolute atomic E-state index is 0.0475. The van der Waals surface area contributed by atoms with E-state index in [4.69, 9.17) is 14.2 Å². The van der Waals surface area contributed by atoms with Crippen LogP contribution in [0.3, 0.4) is 0 Å². The molecule has 0 spiro atoms. The lowest BCUT2D eigenvalue weighted by atomic mass is 9.96. The molecular weight excluding hydrogens is 408 g/mol. The zero-order chi connectivity index (χ0) is 23.3. The molecule has 3 rings (SSSR count). The maximum Gasteiger partial charge on any atom is 0.170 e. The molecule has 3 N–H and O–H groups in total. The normalized spacial score (nSPS) is 10.5. The fourth-order valence-corrected chi connectivity index (χ4v) is 3.37. The lowest BCUT2D eigenvalue weighted by molar-refractivity contribution is 0.282. The number of phenols is 2. The number of allylic oxidation sites excluding steroid dienone is 1. The van der Waals surface area contributed by atoms with E-state index in [0.717, 1.165) is 16.7 Å². The van der Waals surface area contributed by atoms with Gasteiger partial charge in [0.05, 0.1) is 26.4 Å². The molecule has 3 aromatic rings. The monoisotopic (exact) mass is 436 g/mol. The molecule has 0 saturated heterocycles. The van der Waals surface area contributed by atoms with E-state index in [1.54, 1.807) is 30.3 Å². The molecule has 0 amide bonds. The van der Waals surface area contributed by atoms with Gasteiger partial charge in [0.25, 0.3) is 0 Å². The molecule has 0 saturated carbocycles. The molecule has 0 bridgehead atoms. The van der Waals surface area contributed by atoms with Crippen molar-refractivity contribution in [3.63, 3.8) is 0 Å². The summed E-state index contributed by atoms with van der Waals surface area (Å²) in [7, 11) is 2.99. The van der Waals surface area contributed by atoms with Gasteiger partial charge in [0.2, 0.25) is 0 Å². The number of aromatic hydroxyl groups is 2. The molecule has 6 heteroatoms. The van der Waals surface area contributed by atoms with Crippen molar-refractivity contribution in [2.75, 3.05) is 20.8 Å².